The number of nitrogens with zero attached hydrogens (tertiary/aromatic N) is 2. The Kier molecular flexibility index (Phi) is 4.56. The number of H-pyrrole nitrogens is 1. The minimum Gasteiger partial charge on any atom is -0.493 e. The highest BCUT2D eigenvalue weighted by atomic mass is 32.1. The minimum atomic E-state index is -0.384. The van der Waals surface area contributed by atoms with Gasteiger partial charge in [-0.2, -0.15) is 0 Å². The molecule has 0 unspecified atom stereocenters. The second kappa shape index (κ2) is 6.62. The molecule has 2 atom stereocenters. The Labute approximate surface area is 139 Å². The molecule has 1 saturated carbocycles. The highest BCUT2D eigenvalue weighted by Crippen LogP contribution is 2.35. The first-order chi connectivity index (χ1) is 11.0. The minimum absolute atomic E-state index is 0.150. The van der Waals surface area contributed by atoms with Crippen molar-refractivity contribution >= 4 is 33.9 Å². The van der Waals surface area contributed by atoms with Crippen LogP contribution in [0.3, 0.4) is 0 Å². The largest absolute Gasteiger partial charge is 0.493 e. The normalized spacial score (nSPS) is 21.8. The fourth-order valence-corrected chi connectivity index (χ4v) is 3.25. The molecule has 1 heterocycles. The lowest BCUT2D eigenvalue weighted by Crippen LogP contribution is -2.39. The molecule has 1 fully saturated rings. The van der Waals surface area contributed by atoms with E-state index < -0.39 is 0 Å². The molecule has 1 aromatic carbocycles. The number of hydrogen-bond acceptors (Lipinski definition) is 3. The summed E-state index contributed by atoms with van der Waals surface area (Å²) in [6.07, 6.45) is 4.71. The fourth-order valence-electron chi connectivity index (χ4n) is 3.06. The lowest BCUT2D eigenvalue weighted by atomic mass is 9.86. The second-order valence-corrected chi connectivity index (χ2v) is 6.42. The van der Waals surface area contributed by atoms with E-state index in [2.05, 4.69) is 27.5 Å². The molecule has 2 aromatic rings. The lowest BCUT2D eigenvalue weighted by molar-refractivity contribution is 0.309. The van der Waals surface area contributed by atoms with Crippen molar-refractivity contribution in [1.82, 2.24) is 10.3 Å². The summed E-state index contributed by atoms with van der Waals surface area (Å²) in [7, 11) is 0. The van der Waals surface area contributed by atoms with E-state index in [1.54, 1.807) is 6.07 Å². The van der Waals surface area contributed by atoms with Crippen LogP contribution in [0, 0.1) is 11.7 Å². The number of aromatic amines is 1. The molecule has 0 radical (unpaired) electrons. The van der Waals surface area contributed by atoms with Gasteiger partial charge in [0.1, 0.15) is 5.82 Å². The van der Waals surface area contributed by atoms with Crippen LogP contribution < -0.4 is 5.32 Å². The van der Waals surface area contributed by atoms with Crippen LogP contribution in [0.1, 0.15) is 32.6 Å². The van der Waals surface area contributed by atoms with E-state index in [1.165, 1.54) is 31.4 Å². The molecule has 0 bridgehead atoms. The summed E-state index contributed by atoms with van der Waals surface area (Å²) >= 11 is 5.22. The standard InChI is InChI=1S/C16H19FN4OS/c1-9-4-2-3-5-12(9)19-16(23)21-20-14-11-7-6-10(17)8-13(11)18-15(14)22/h6-9,12,18,22H,2-5H2,1H3,(H,19,23)/t9-,12+/m0/s1. The maximum absolute atomic E-state index is 13.2. The highest BCUT2D eigenvalue weighted by Gasteiger charge is 2.21. The van der Waals surface area contributed by atoms with Crippen molar-refractivity contribution < 1.29 is 9.50 Å². The number of fused-ring (bicyclic) bond motifs is 1. The van der Waals surface area contributed by atoms with E-state index in [1.807, 2.05) is 0 Å². The van der Waals surface area contributed by atoms with Crippen molar-refractivity contribution in [2.75, 3.05) is 0 Å². The molecule has 0 amide bonds. The Morgan fingerprint density at radius 1 is 1.39 bits per heavy atom. The number of azo groups is 1. The molecule has 1 aliphatic rings. The Hall–Kier alpha value is -2.02. The Morgan fingerprint density at radius 2 is 2.17 bits per heavy atom. The molecule has 1 aromatic heterocycles. The average molecular weight is 334 g/mol. The number of halogens is 1. The van der Waals surface area contributed by atoms with Crippen LogP contribution in [0.2, 0.25) is 0 Å². The maximum atomic E-state index is 13.2. The summed E-state index contributed by atoms with van der Waals surface area (Å²) in [5, 5.41) is 22.1. The molecule has 1 aliphatic carbocycles. The van der Waals surface area contributed by atoms with Crippen molar-refractivity contribution in [2.45, 2.75) is 38.6 Å². The van der Waals surface area contributed by atoms with E-state index >= 15 is 0 Å². The first-order valence-electron chi connectivity index (χ1n) is 7.77. The monoisotopic (exact) mass is 334 g/mol. The van der Waals surface area contributed by atoms with Gasteiger partial charge in [-0.3, -0.25) is 0 Å². The van der Waals surface area contributed by atoms with Crippen LogP contribution in [0.4, 0.5) is 10.1 Å². The molecule has 3 N–H and O–H groups in total. The topological polar surface area (TPSA) is 72.8 Å². The summed E-state index contributed by atoms with van der Waals surface area (Å²) in [5.41, 5.74) is 0.733. The SMILES string of the molecule is C[C@H]1CCCC[C@H]1NC(=S)N=Nc1c(O)[nH]c2cc(F)ccc12. The van der Waals surface area contributed by atoms with Gasteiger partial charge in [-0.1, -0.05) is 19.8 Å². The molecule has 122 valence electrons. The van der Waals surface area contributed by atoms with E-state index in [4.69, 9.17) is 12.2 Å². The molecular weight excluding hydrogens is 315 g/mol. The molecule has 0 saturated heterocycles. The molecule has 0 spiro atoms. The summed E-state index contributed by atoms with van der Waals surface area (Å²) in [5.74, 6) is 0.0234. The first kappa shape index (κ1) is 15.9. The number of nitrogens with one attached hydrogen (secondary N) is 2. The van der Waals surface area contributed by atoms with Gasteiger partial charge in [0.25, 0.3) is 0 Å². The highest BCUT2D eigenvalue weighted by molar-refractivity contribution is 7.80. The van der Waals surface area contributed by atoms with Crippen LogP contribution in [0.25, 0.3) is 10.9 Å². The maximum Gasteiger partial charge on any atom is 0.218 e. The Morgan fingerprint density at radius 3 is 2.96 bits per heavy atom. The van der Waals surface area contributed by atoms with Gasteiger partial charge in [0.15, 0.2) is 5.69 Å². The van der Waals surface area contributed by atoms with Crippen molar-refractivity contribution in [3.05, 3.63) is 24.0 Å². The molecular formula is C16H19FN4OS. The zero-order valence-corrected chi connectivity index (χ0v) is 13.7. The Bertz CT molecular complexity index is 758. The number of thiocarbonyl (C=S) groups is 1. The third kappa shape index (κ3) is 3.50. The third-order valence-electron chi connectivity index (χ3n) is 4.38. The van der Waals surface area contributed by atoms with E-state index in [-0.39, 0.29) is 17.4 Å². The summed E-state index contributed by atoms with van der Waals surface area (Å²) in [6.45, 7) is 2.20. The van der Waals surface area contributed by atoms with Crippen LogP contribution >= 0.6 is 12.2 Å². The van der Waals surface area contributed by atoms with Crippen molar-refractivity contribution in [1.29, 1.82) is 0 Å². The van der Waals surface area contributed by atoms with Crippen molar-refractivity contribution in [2.24, 2.45) is 16.1 Å². The second-order valence-electron chi connectivity index (χ2n) is 6.03. The van der Waals surface area contributed by atoms with Crippen molar-refractivity contribution in [3.63, 3.8) is 0 Å². The van der Waals surface area contributed by atoms with Crippen LogP contribution in [0.15, 0.2) is 28.4 Å². The fraction of sp³-hybridized carbons (Fsp3) is 0.438. The van der Waals surface area contributed by atoms with Crippen LogP contribution in [0.5, 0.6) is 5.88 Å². The van der Waals surface area contributed by atoms with Gasteiger partial charge in [0.05, 0.1) is 5.52 Å². The summed E-state index contributed by atoms with van der Waals surface area (Å²) in [4.78, 5) is 2.68. The summed E-state index contributed by atoms with van der Waals surface area (Å²) < 4.78 is 13.2. The number of aromatic nitrogens is 1. The zero-order chi connectivity index (χ0) is 16.4. The lowest BCUT2D eigenvalue weighted by Gasteiger charge is -2.29. The smallest absolute Gasteiger partial charge is 0.218 e. The van der Waals surface area contributed by atoms with Gasteiger partial charge < -0.3 is 15.4 Å². The molecule has 0 aliphatic heterocycles. The number of hydrogen-bond donors (Lipinski definition) is 3. The number of aromatic hydroxyl groups is 1. The quantitative estimate of drug-likeness (QED) is 0.557. The molecule has 3 rings (SSSR count). The average Bonchev–Trinajstić information content (AvgIpc) is 2.82. The first-order valence-corrected chi connectivity index (χ1v) is 8.18. The third-order valence-corrected chi connectivity index (χ3v) is 4.57. The van der Waals surface area contributed by atoms with Gasteiger partial charge >= 0.3 is 0 Å². The van der Waals surface area contributed by atoms with Gasteiger partial charge in [0, 0.05) is 11.4 Å². The van der Waals surface area contributed by atoms with Gasteiger partial charge in [-0.15, -0.1) is 10.2 Å². The van der Waals surface area contributed by atoms with Crippen molar-refractivity contribution in [3.8, 4) is 5.88 Å². The predicted molar refractivity (Wildman–Crippen MR) is 91.6 cm³/mol. The van der Waals surface area contributed by atoms with Crippen LogP contribution in [-0.2, 0) is 0 Å². The number of rotatable bonds is 2. The molecule has 5 nitrogen and oxygen atoms in total. The molecule has 7 heteroatoms. The molecule has 23 heavy (non-hydrogen) atoms. The van der Waals surface area contributed by atoms with Gasteiger partial charge in [-0.05, 0) is 49.2 Å². The van der Waals surface area contributed by atoms with E-state index in [9.17, 15) is 9.50 Å². The van der Waals surface area contributed by atoms with E-state index in [0.29, 0.717) is 28.0 Å². The number of benzene rings is 1. The van der Waals surface area contributed by atoms with E-state index in [0.717, 1.165) is 6.42 Å². The van der Waals surface area contributed by atoms with Gasteiger partial charge in [0.2, 0.25) is 11.0 Å². The predicted octanol–water partition coefficient (Wildman–Crippen LogP) is 4.55. The summed E-state index contributed by atoms with van der Waals surface area (Å²) in [6, 6.07) is 4.49. The Balaban J connectivity index is 1.74. The van der Waals surface area contributed by atoms with Gasteiger partial charge in [-0.25, -0.2) is 4.39 Å². The van der Waals surface area contributed by atoms with Crippen LogP contribution in [-0.4, -0.2) is 21.2 Å². The zero-order valence-electron chi connectivity index (χ0n) is 12.8.